The summed E-state index contributed by atoms with van der Waals surface area (Å²) in [4.78, 5) is 40.6. The largest absolute Gasteiger partial charge is 0.491 e. The molecule has 7 heteroatoms. The zero-order chi connectivity index (χ0) is 22.2. The van der Waals surface area contributed by atoms with E-state index in [4.69, 9.17) is 9.47 Å². The maximum Gasteiger partial charge on any atom is 0.326 e. The van der Waals surface area contributed by atoms with Gasteiger partial charge in [-0.3, -0.25) is 19.3 Å². The van der Waals surface area contributed by atoms with Crippen molar-refractivity contribution in [2.24, 2.45) is 0 Å². The number of rotatable bonds is 8. The maximum absolute atomic E-state index is 12.7. The molecule has 0 atom stereocenters. The molecule has 0 spiro atoms. The summed E-state index contributed by atoms with van der Waals surface area (Å²) >= 11 is 0. The first kappa shape index (κ1) is 22.3. The van der Waals surface area contributed by atoms with E-state index >= 15 is 0 Å². The van der Waals surface area contributed by atoms with Crippen molar-refractivity contribution in [1.82, 2.24) is 4.90 Å². The number of anilines is 1. The Morgan fingerprint density at radius 2 is 1.87 bits per heavy atom. The lowest BCUT2D eigenvalue weighted by atomic mass is 10.1. The van der Waals surface area contributed by atoms with Crippen molar-refractivity contribution in [3.05, 3.63) is 59.7 Å². The lowest BCUT2D eigenvalue weighted by Gasteiger charge is -2.23. The molecule has 0 unspecified atom stereocenters. The number of para-hydroxylation sites is 2. The number of amides is 2. The van der Waals surface area contributed by atoms with E-state index in [9.17, 15) is 14.4 Å². The number of hydrogen-bond donors (Lipinski definition) is 0. The van der Waals surface area contributed by atoms with Crippen LogP contribution in [0.2, 0.25) is 0 Å². The van der Waals surface area contributed by atoms with Crippen LogP contribution in [-0.4, -0.2) is 49.0 Å². The van der Waals surface area contributed by atoms with Crippen molar-refractivity contribution < 1.29 is 23.9 Å². The van der Waals surface area contributed by atoms with Crippen molar-refractivity contribution in [2.45, 2.75) is 33.2 Å². The van der Waals surface area contributed by atoms with Gasteiger partial charge < -0.3 is 14.4 Å². The Bertz CT molecular complexity index is 926. The van der Waals surface area contributed by atoms with Crippen molar-refractivity contribution in [2.75, 3.05) is 31.2 Å². The van der Waals surface area contributed by atoms with Gasteiger partial charge in [-0.2, -0.15) is 0 Å². The van der Waals surface area contributed by atoms with Gasteiger partial charge in [0.25, 0.3) is 5.91 Å². The van der Waals surface area contributed by atoms with Crippen LogP contribution in [0.25, 0.3) is 0 Å². The third-order valence-electron chi connectivity index (χ3n) is 5.01. The SMILES string of the molecule is CCCN(Cc1ccc(C)cc1)C(=O)COC(=O)CN1C(=O)CCOc2ccccc21. The van der Waals surface area contributed by atoms with Crippen LogP contribution in [0.1, 0.15) is 30.9 Å². The molecule has 0 fully saturated rings. The zero-order valence-electron chi connectivity index (χ0n) is 18.0. The minimum absolute atomic E-state index is 0.168. The Morgan fingerprint density at radius 1 is 1.13 bits per heavy atom. The highest BCUT2D eigenvalue weighted by atomic mass is 16.5. The molecule has 0 aromatic heterocycles. The van der Waals surface area contributed by atoms with Gasteiger partial charge in [0, 0.05) is 13.1 Å². The Hall–Kier alpha value is -3.35. The molecule has 0 saturated heterocycles. The van der Waals surface area contributed by atoms with Crippen molar-refractivity contribution >= 4 is 23.5 Å². The van der Waals surface area contributed by atoms with Crippen LogP contribution in [0.4, 0.5) is 5.69 Å². The Balaban J connectivity index is 1.59. The summed E-state index contributed by atoms with van der Waals surface area (Å²) in [6.07, 6.45) is 0.965. The van der Waals surface area contributed by atoms with Crippen LogP contribution in [-0.2, 0) is 25.7 Å². The van der Waals surface area contributed by atoms with Crippen LogP contribution in [0, 0.1) is 6.92 Å². The fourth-order valence-electron chi connectivity index (χ4n) is 3.38. The molecule has 3 rings (SSSR count). The van der Waals surface area contributed by atoms with Gasteiger partial charge in [0.1, 0.15) is 12.3 Å². The van der Waals surface area contributed by atoms with Crippen molar-refractivity contribution in [3.8, 4) is 5.75 Å². The van der Waals surface area contributed by atoms with Gasteiger partial charge in [-0.1, -0.05) is 48.9 Å². The monoisotopic (exact) mass is 424 g/mol. The van der Waals surface area contributed by atoms with Crippen molar-refractivity contribution in [1.29, 1.82) is 0 Å². The second-order valence-electron chi connectivity index (χ2n) is 7.51. The van der Waals surface area contributed by atoms with E-state index in [2.05, 4.69) is 0 Å². The molecule has 0 bridgehead atoms. The molecule has 0 radical (unpaired) electrons. The highest BCUT2D eigenvalue weighted by Gasteiger charge is 2.26. The summed E-state index contributed by atoms with van der Waals surface area (Å²) in [7, 11) is 0. The van der Waals surface area contributed by atoms with Gasteiger partial charge in [0.15, 0.2) is 6.61 Å². The quantitative estimate of drug-likeness (QED) is 0.609. The second-order valence-corrected chi connectivity index (χ2v) is 7.51. The number of nitrogens with zero attached hydrogens (tertiary/aromatic N) is 2. The molecule has 0 aliphatic carbocycles. The summed E-state index contributed by atoms with van der Waals surface area (Å²) in [5.41, 5.74) is 2.70. The molecule has 1 heterocycles. The van der Waals surface area contributed by atoms with E-state index in [0.29, 0.717) is 24.5 Å². The molecule has 2 aromatic rings. The maximum atomic E-state index is 12.7. The molecule has 2 aromatic carbocycles. The van der Waals surface area contributed by atoms with Gasteiger partial charge in [-0.05, 0) is 31.0 Å². The third kappa shape index (κ3) is 6.07. The minimum Gasteiger partial charge on any atom is -0.491 e. The van der Waals surface area contributed by atoms with E-state index in [1.54, 1.807) is 29.2 Å². The number of hydrogen-bond acceptors (Lipinski definition) is 5. The van der Waals surface area contributed by atoms with Gasteiger partial charge in [-0.25, -0.2) is 0 Å². The van der Waals surface area contributed by atoms with Gasteiger partial charge in [-0.15, -0.1) is 0 Å². The summed E-state index contributed by atoms with van der Waals surface area (Å²) in [5.74, 6) is -0.573. The van der Waals surface area contributed by atoms with E-state index in [1.807, 2.05) is 38.1 Å². The third-order valence-corrected chi connectivity index (χ3v) is 5.01. The molecule has 0 saturated carbocycles. The van der Waals surface area contributed by atoms with E-state index in [-0.39, 0.29) is 38.0 Å². The average molecular weight is 424 g/mol. The Morgan fingerprint density at radius 3 is 2.61 bits per heavy atom. The zero-order valence-corrected chi connectivity index (χ0v) is 18.0. The smallest absolute Gasteiger partial charge is 0.326 e. The molecule has 2 amide bonds. The Kier molecular flexibility index (Phi) is 7.65. The molecule has 7 nitrogen and oxygen atoms in total. The highest BCUT2D eigenvalue weighted by molar-refractivity contribution is 5.99. The van der Waals surface area contributed by atoms with Crippen LogP contribution in [0.15, 0.2) is 48.5 Å². The first-order valence-corrected chi connectivity index (χ1v) is 10.5. The molecular formula is C24H28N2O5. The average Bonchev–Trinajstić information content (AvgIpc) is 2.92. The van der Waals surface area contributed by atoms with Gasteiger partial charge in [0.2, 0.25) is 5.91 Å². The number of fused-ring (bicyclic) bond motifs is 1. The summed E-state index contributed by atoms with van der Waals surface area (Å²) < 4.78 is 10.8. The van der Waals surface area contributed by atoms with E-state index in [0.717, 1.165) is 17.5 Å². The van der Waals surface area contributed by atoms with Crippen LogP contribution in [0.5, 0.6) is 5.75 Å². The number of carbonyl (C=O) groups is 3. The van der Waals surface area contributed by atoms with Gasteiger partial charge in [0.05, 0.1) is 18.7 Å². The molecule has 164 valence electrons. The Labute approximate surface area is 182 Å². The minimum atomic E-state index is -0.634. The van der Waals surface area contributed by atoms with Crippen LogP contribution < -0.4 is 9.64 Å². The number of carbonyl (C=O) groups excluding carboxylic acids is 3. The summed E-state index contributed by atoms with van der Waals surface area (Å²) in [5, 5.41) is 0. The fourth-order valence-corrected chi connectivity index (χ4v) is 3.38. The lowest BCUT2D eigenvalue weighted by molar-refractivity contribution is -0.151. The molecule has 1 aliphatic heterocycles. The topological polar surface area (TPSA) is 76.2 Å². The molecular weight excluding hydrogens is 396 g/mol. The lowest BCUT2D eigenvalue weighted by Crippen LogP contribution is -2.38. The highest BCUT2D eigenvalue weighted by Crippen LogP contribution is 2.30. The van der Waals surface area contributed by atoms with Crippen LogP contribution >= 0.6 is 0 Å². The summed E-state index contributed by atoms with van der Waals surface area (Å²) in [6, 6.07) is 15.0. The van der Waals surface area contributed by atoms with E-state index in [1.165, 1.54) is 4.90 Å². The predicted octanol–water partition coefficient (Wildman–Crippen LogP) is 3.09. The standard InChI is InChI=1S/C24H28N2O5/c1-3-13-25(15-19-10-8-18(2)9-11-19)23(28)17-31-24(29)16-26-20-6-4-5-7-21(20)30-14-12-22(26)27/h4-11H,3,12-17H2,1-2H3. The van der Waals surface area contributed by atoms with Gasteiger partial charge >= 0.3 is 5.97 Å². The van der Waals surface area contributed by atoms with Crippen molar-refractivity contribution in [3.63, 3.8) is 0 Å². The number of aryl methyl sites for hydroxylation is 1. The molecule has 1 aliphatic rings. The first-order valence-electron chi connectivity index (χ1n) is 10.5. The second kappa shape index (κ2) is 10.6. The molecule has 0 N–H and O–H groups in total. The van der Waals surface area contributed by atoms with Crippen LogP contribution in [0.3, 0.4) is 0 Å². The molecule has 31 heavy (non-hydrogen) atoms. The predicted molar refractivity (Wildman–Crippen MR) is 117 cm³/mol. The van der Waals surface area contributed by atoms with E-state index < -0.39 is 5.97 Å². The summed E-state index contributed by atoms with van der Waals surface area (Å²) in [6.45, 7) is 4.66. The number of esters is 1. The normalized spacial score (nSPS) is 13.1. The fraction of sp³-hybridized carbons (Fsp3) is 0.375. The first-order chi connectivity index (χ1) is 15.0. The number of ether oxygens (including phenoxy) is 2. The number of benzene rings is 2.